The fourth-order valence-electron chi connectivity index (χ4n) is 1.93. The molecule has 3 N–H and O–H groups in total. The lowest BCUT2D eigenvalue weighted by Gasteiger charge is -2.20. The van der Waals surface area contributed by atoms with Crippen molar-refractivity contribution < 1.29 is 4.79 Å². The molecular formula is C11H23N3O. The van der Waals surface area contributed by atoms with Gasteiger partial charge in [-0.2, -0.15) is 0 Å². The number of carbonyl (C=O) groups excluding carboxylic acids is 1. The maximum absolute atomic E-state index is 11.5. The van der Waals surface area contributed by atoms with Crippen molar-refractivity contribution in [1.29, 1.82) is 0 Å². The van der Waals surface area contributed by atoms with Gasteiger partial charge < -0.3 is 11.1 Å². The van der Waals surface area contributed by atoms with Crippen LogP contribution < -0.4 is 11.1 Å². The molecule has 0 aliphatic carbocycles. The highest BCUT2D eigenvalue weighted by molar-refractivity contribution is 5.81. The van der Waals surface area contributed by atoms with Gasteiger partial charge in [-0.25, -0.2) is 0 Å². The number of nitrogens with two attached hydrogens (primary N) is 1. The summed E-state index contributed by atoms with van der Waals surface area (Å²) in [6.07, 6.45) is 0. The molecule has 3 atom stereocenters. The lowest BCUT2D eigenvalue weighted by Crippen LogP contribution is -2.47. The minimum atomic E-state index is -0.412. The molecule has 0 aromatic carbocycles. The largest absolute Gasteiger partial charge is 0.350 e. The van der Waals surface area contributed by atoms with E-state index in [1.54, 1.807) is 6.92 Å². The molecule has 0 radical (unpaired) electrons. The Bertz CT molecular complexity index is 228. The first-order chi connectivity index (χ1) is 6.91. The molecule has 1 fully saturated rings. The summed E-state index contributed by atoms with van der Waals surface area (Å²) in [6.45, 7) is 10.3. The van der Waals surface area contributed by atoms with Crippen LogP contribution in [0.3, 0.4) is 0 Å². The van der Waals surface area contributed by atoms with Gasteiger partial charge in [0.1, 0.15) is 0 Å². The fourth-order valence-corrected chi connectivity index (χ4v) is 1.93. The van der Waals surface area contributed by atoms with Crippen molar-refractivity contribution in [1.82, 2.24) is 10.2 Å². The SMILES string of the molecule is CC(N)C(=O)NC1CN(C(C)C)CC1C. The van der Waals surface area contributed by atoms with E-state index in [0.29, 0.717) is 12.0 Å². The predicted molar refractivity (Wildman–Crippen MR) is 61.5 cm³/mol. The first kappa shape index (κ1) is 12.5. The summed E-state index contributed by atoms with van der Waals surface area (Å²) in [4.78, 5) is 13.9. The quantitative estimate of drug-likeness (QED) is 0.703. The van der Waals surface area contributed by atoms with Gasteiger partial charge in [-0.3, -0.25) is 9.69 Å². The summed E-state index contributed by atoms with van der Waals surface area (Å²) >= 11 is 0. The lowest BCUT2D eigenvalue weighted by atomic mass is 10.1. The molecule has 1 amide bonds. The van der Waals surface area contributed by atoms with E-state index in [1.165, 1.54) is 0 Å². The van der Waals surface area contributed by atoms with E-state index in [1.807, 2.05) is 0 Å². The van der Waals surface area contributed by atoms with Gasteiger partial charge >= 0.3 is 0 Å². The Morgan fingerprint density at radius 3 is 2.40 bits per heavy atom. The summed E-state index contributed by atoms with van der Waals surface area (Å²) < 4.78 is 0. The van der Waals surface area contributed by atoms with Gasteiger partial charge in [0.2, 0.25) is 5.91 Å². The van der Waals surface area contributed by atoms with Gasteiger partial charge in [0.05, 0.1) is 6.04 Å². The van der Waals surface area contributed by atoms with Gasteiger partial charge in [0, 0.05) is 25.2 Å². The van der Waals surface area contributed by atoms with Crippen LogP contribution in [-0.2, 0) is 4.79 Å². The monoisotopic (exact) mass is 213 g/mol. The van der Waals surface area contributed by atoms with Gasteiger partial charge in [-0.05, 0) is 26.7 Å². The molecule has 3 unspecified atom stereocenters. The summed E-state index contributed by atoms with van der Waals surface area (Å²) in [5, 5.41) is 3.01. The molecule has 4 heteroatoms. The Kier molecular flexibility index (Phi) is 4.11. The van der Waals surface area contributed by atoms with E-state index in [4.69, 9.17) is 5.73 Å². The number of hydrogen-bond acceptors (Lipinski definition) is 3. The van der Waals surface area contributed by atoms with Crippen LogP contribution in [0.25, 0.3) is 0 Å². The van der Waals surface area contributed by atoms with Crippen molar-refractivity contribution in [2.75, 3.05) is 13.1 Å². The van der Waals surface area contributed by atoms with Gasteiger partial charge in [-0.15, -0.1) is 0 Å². The minimum absolute atomic E-state index is 0.0440. The number of nitrogens with zero attached hydrogens (tertiary/aromatic N) is 1. The molecule has 88 valence electrons. The normalized spacial score (nSPS) is 29.5. The lowest BCUT2D eigenvalue weighted by molar-refractivity contribution is -0.122. The predicted octanol–water partition coefficient (Wildman–Crippen LogP) is 0.179. The number of carbonyl (C=O) groups is 1. The van der Waals surface area contributed by atoms with E-state index < -0.39 is 6.04 Å². The molecular weight excluding hydrogens is 190 g/mol. The molecule has 1 rings (SSSR count). The highest BCUT2D eigenvalue weighted by Gasteiger charge is 2.32. The number of likely N-dealkylation sites (tertiary alicyclic amines) is 1. The van der Waals surface area contributed by atoms with Crippen molar-refractivity contribution in [3.63, 3.8) is 0 Å². The molecule has 0 saturated carbocycles. The fraction of sp³-hybridized carbons (Fsp3) is 0.909. The van der Waals surface area contributed by atoms with Crippen molar-refractivity contribution >= 4 is 5.91 Å². The van der Waals surface area contributed by atoms with Gasteiger partial charge in [-0.1, -0.05) is 6.92 Å². The van der Waals surface area contributed by atoms with Crippen LogP contribution >= 0.6 is 0 Å². The molecule has 0 aromatic rings. The average molecular weight is 213 g/mol. The van der Waals surface area contributed by atoms with E-state index in [2.05, 4.69) is 31.0 Å². The highest BCUT2D eigenvalue weighted by atomic mass is 16.2. The summed E-state index contributed by atoms with van der Waals surface area (Å²) in [5.41, 5.74) is 5.53. The summed E-state index contributed by atoms with van der Waals surface area (Å²) in [7, 11) is 0. The van der Waals surface area contributed by atoms with Crippen LogP contribution in [-0.4, -0.2) is 42.0 Å². The Hall–Kier alpha value is -0.610. The van der Waals surface area contributed by atoms with Crippen LogP contribution in [0.5, 0.6) is 0 Å². The Labute approximate surface area is 92.2 Å². The summed E-state index contributed by atoms with van der Waals surface area (Å²) in [5.74, 6) is 0.465. The second kappa shape index (κ2) is 4.94. The Balaban J connectivity index is 2.47. The first-order valence-corrected chi connectivity index (χ1v) is 5.71. The maximum atomic E-state index is 11.5. The third-order valence-corrected chi connectivity index (χ3v) is 3.11. The van der Waals surface area contributed by atoms with Crippen molar-refractivity contribution in [2.45, 2.75) is 45.8 Å². The topological polar surface area (TPSA) is 58.4 Å². The maximum Gasteiger partial charge on any atom is 0.236 e. The summed E-state index contributed by atoms with van der Waals surface area (Å²) in [6, 6.07) is 0.390. The molecule has 0 aromatic heterocycles. The number of hydrogen-bond donors (Lipinski definition) is 2. The number of amides is 1. The third kappa shape index (κ3) is 3.18. The van der Waals surface area contributed by atoms with E-state index in [0.717, 1.165) is 13.1 Å². The molecule has 4 nitrogen and oxygen atoms in total. The van der Waals surface area contributed by atoms with Crippen LogP contribution in [0, 0.1) is 5.92 Å². The van der Waals surface area contributed by atoms with E-state index in [9.17, 15) is 4.79 Å². The molecule has 15 heavy (non-hydrogen) atoms. The van der Waals surface area contributed by atoms with Crippen LogP contribution in [0.2, 0.25) is 0 Å². The van der Waals surface area contributed by atoms with E-state index >= 15 is 0 Å². The van der Waals surface area contributed by atoms with Crippen LogP contribution in [0.1, 0.15) is 27.7 Å². The van der Waals surface area contributed by atoms with Crippen molar-refractivity contribution in [3.8, 4) is 0 Å². The zero-order valence-electron chi connectivity index (χ0n) is 10.2. The molecule has 0 bridgehead atoms. The highest BCUT2D eigenvalue weighted by Crippen LogP contribution is 2.18. The molecule has 1 aliphatic heterocycles. The van der Waals surface area contributed by atoms with Crippen LogP contribution in [0.4, 0.5) is 0 Å². The van der Waals surface area contributed by atoms with E-state index in [-0.39, 0.29) is 11.9 Å². The number of rotatable bonds is 3. The van der Waals surface area contributed by atoms with Crippen molar-refractivity contribution in [3.05, 3.63) is 0 Å². The smallest absolute Gasteiger partial charge is 0.236 e. The van der Waals surface area contributed by atoms with Crippen molar-refractivity contribution in [2.24, 2.45) is 11.7 Å². The molecule has 1 aliphatic rings. The Morgan fingerprint density at radius 1 is 1.40 bits per heavy atom. The standard InChI is InChI=1S/C11H23N3O/c1-7(2)14-5-8(3)10(6-14)13-11(15)9(4)12/h7-10H,5-6,12H2,1-4H3,(H,13,15). The Morgan fingerprint density at radius 2 is 2.00 bits per heavy atom. The third-order valence-electron chi connectivity index (χ3n) is 3.11. The zero-order valence-corrected chi connectivity index (χ0v) is 10.2. The zero-order chi connectivity index (χ0) is 11.6. The second-order valence-electron chi connectivity index (χ2n) is 4.93. The molecule has 1 heterocycles. The second-order valence-corrected chi connectivity index (χ2v) is 4.93. The molecule has 0 spiro atoms. The van der Waals surface area contributed by atoms with Crippen LogP contribution in [0.15, 0.2) is 0 Å². The van der Waals surface area contributed by atoms with Gasteiger partial charge in [0.25, 0.3) is 0 Å². The first-order valence-electron chi connectivity index (χ1n) is 5.71. The minimum Gasteiger partial charge on any atom is -0.350 e. The van der Waals surface area contributed by atoms with Gasteiger partial charge in [0.15, 0.2) is 0 Å². The molecule has 1 saturated heterocycles. The average Bonchev–Trinajstić information content (AvgIpc) is 2.47. The number of nitrogens with one attached hydrogen (secondary N) is 1.